The van der Waals surface area contributed by atoms with Crippen LogP contribution < -0.4 is 45.5 Å². The number of nitrogen functional groups attached to an aromatic ring is 2. The van der Waals surface area contributed by atoms with Gasteiger partial charge in [-0.15, -0.1) is 0 Å². The average molecular weight is 987 g/mol. The standard InChI is InChI=1S/C25H23F3N4O3.C13H7F3O3.C12H18N4O/c1-34-22-12-23(29)30-13-20(22)31-8-9-32(25(14-31)6-7-25)24(33)17-10-19(28)21(11-18(17)27)35-16-4-2-15(26)3-5-16;14-7-1-3-8(4-2-7)19-12-6-10(15)9(13(17)18)5-11(12)16;1-17-10-6-11(13)14-7-9(10)16-5-4-15-12(8-16)2-3-12/h2-5,10-13H,6-9,14H2,1H3,(H2,29,30);1-6H,(H,17,18);6-7,15H,2-5,8H2,1H3,(H2,13,14). The van der Waals surface area contributed by atoms with Gasteiger partial charge in [-0.05, 0) is 86.3 Å². The Hall–Kier alpha value is -7.94. The lowest BCUT2D eigenvalue weighted by atomic mass is 10.1. The third kappa shape index (κ3) is 11.4. The number of halogens is 6. The second-order valence-electron chi connectivity index (χ2n) is 17.2. The van der Waals surface area contributed by atoms with E-state index in [1.807, 2.05) is 6.20 Å². The van der Waals surface area contributed by atoms with E-state index in [9.17, 15) is 35.9 Å². The van der Waals surface area contributed by atoms with Crippen LogP contribution in [0.4, 0.5) is 49.4 Å². The minimum atomic E-state index is -1.58. The summed E-state index contributed by atoms with van der Waals surface area (Å²) < 4.78 is 103. The number of amides is 1. The number of hydrogen-bond acceptors (Lipinski definition) is 13. The molecule has 2 aliphatic heterocycles. The number of piperazine rings is 2. The van der Waals surface area contributed by atoms with Gasteiger partial charge in [-0.2, -0.15) is 0 Å². The molecule has 2 aliphatic carbocycles. The maximum Gasteiger partial charge on any atom is 0.338 e. The topological polar surface area (TPSA) is 191 Å². The number of anilines is 4. The van der Waals surface area contributed by atoms with Crippen molar-refractivity contribution in [1.29, 1.82) is 0 Å². The number of rotatable bonds is 10. The van der Waals surface area contributed by atoms with Gasteiger partial charge >= 0.3 is 5.97 Å². The van der Waals surface area contributed by atoms with Crippen LogP contribution in [0.1, 0.15) is 46.4 Å². The Bertz CT molecular complexity index is 2930. The molecule has 2 aromatic heterocycles. The van der Waals surface area contributed by atoms with E-state index < -0.39 is 63.6 Å². The number of hydrogen-bond donors (Lipinski definition) is 4. The van der Waals surface area contributed by atoms with Gasteiger partial charge in [0.1, 0.15) is 57.9 Å². The quantitative estimate of drug-likeness (QED) is 0.0955. The molecule has 372 valence electrons. The number of aromatic nitrogens is 2. The molecule has 6 N–H and O–H groups in total. The molecule has 21 heteroatoms. The molecule has 4 aromatic carbocycles. The molecular weight excluding hydrogens is 939 g/mol. The zero-order valence-electron chi connectivity index (χ0n) is 38.4. The maximum atomic E-state index is 15.0. The van der Waals surface area contributed by atoms with E-state index in [0.29, 0.717) is 54.7 Å². The Labute approximate surface area is 403 Å². The number of aromatic carboxylic acids is 1. The van der Waals surface area contributed by atoms with E-state index >= 15 is 0 Å². The predicted octanol–water partition coefficient (Wildman–Crippen LogP) is 8.59. The fraction of sp³-hybridized carbons (Fsp3) is 0.280. The Kier molecular flexibility index (Phi) is 14.3. The van der Waals surface area contributed by atoms with Crippen LogP contribution in [0.15, 0.2) is 97.3 Å². The molecule has 2 saturated carbocycles. The van der Waals surface area contributed by atoms with Crippen LogP contribution in [0, 0.1) is 34.9 Å². The number of carbonyl (C=O) groups is 2. The minimum absolute atomic E-state index is 0.0998. The molecule has 4 heterocycles. The lowest BCUT2D eigenvalue weighted by molar-refractivity contribution is 0.0617. The van der Waals surface area contributed by atoms with Crippen LogP contribution in [-0.4, -0.2) is 96.4 Å². The lowest BCUT2D eigenvalue weighted by Gasteiger charge is -2.43. The zero-order valence-corrected chi connectivity index (χ0v) is 38.4. The number of carbonyl (C=O) groups excluding carboxylic acids is 1. The Morgan fingerprint density at radius 1 is 0.606 bits per heavy atom. The molecule has 0 atom stereocenters. The fourth-order valence-corrected chi connectivity index (χ4v) is 8.36. The summed E-state index contributed by atoms with van der Waals surface area (Å²) in [4.78, 5) is 38.3. The summed E-state index contributed by atoms with van der Waals surface area (Å²) in [5, 5.41) is 12.2. The second kappa shape index (κ2) is 20.6. The molecule has 4 aliphatic rings. The SMILES string of the molecule is COc1cc(N)ncc1N1CCN(C(=O)c2cc(F)c(Oc3ccc(F)cc3)cc2F)C2(CC2)C1.COc1cc(N)ncc1N1CCNC2(CC2)C1.O=C(O)c1cc(F)c(Oc2ccc(F)cc2)cc1F. The molecule has 15 nitrogen and oxygen atoms in total. The number of pyridine rings is 2. The van der Waals surface area contributed by atoms with Crippen LogP contribution in [0.3, 0.4) is 0 Å². The van der Waals surface area contributed by atoms with Crippen molar-refractivity contribution < 1.29 is 60.0 Å². The van der Waals surface area contributed by atoms with Crippen molar-refractivity contribution in [3.8, 4) is 34.5 Å². The summed E-state index contributed by atoms with van der Waals surface area (Å²) in [6.07, 6.45) is 7.49. The average Bonchev–Trinajstić information content (AvgIpc) is 4.30. The van der Waals surface area contributed by atoms with Crippen molar-refractivity contribution in [2.45, 2.75) is 36.8 Å². The number of methoxy groups -OCH3 is 2. The summed E-state index contributed by atoms with van der Waals surface area (Å²) in [6, 6.07) is 15.8. The maximum absolute atomic E-state index is 15.0. The van der Waals surface area contributed by atoms with Crippen molar-refractivity contribution in [3.63, 3.8) is 0 Å². The molecule has 1 amide bonds. The monoisotopic (exact) mass is 986 g/mol. The van der Waals surface area contributed by atoms with Gasteiger partial charge in [0, 0.05) is 69.1 Å². The summed E-state index contributed by atoms with van der Waals surface area (Å²) in [5.74, 6) is -5.45. The first-order valence-corrected chi connectivity index (χ1v) is 22.2. The highest BCUT2D eigenvalue weighted by molar-refractivity contribution is 5.96. The molecule has 4 fully saturated rings. The molecule has 10 rings (SSSR count). The predicted molar refractivity (Wildman–Crippen MR) is 250 cm³/mol. The first-order valence-electron chi connectivity index (χ1n) is 22.2. The Morgan fingerprint density at radius 3 is 1.55 bits per heavy atom. The van der Waals surface area contributed by atoms with E-state index in [0.717, 1.165) is 86.0 Å². The van der Waals surface area contributed by atoms with Crippen molar-refractivity contribution in [3.05, 3.63) is 143 Å². The molecule has 0 bridgehead atoms. The Morgan fingerprint density at radius 2 is 1.08 bits per heavy atom. The van der Waals surface area contributed by atoms with Gasteiger partial charge in [0.2, 0.25) is 0 Å². The van der Waals surface area contributed by atoms with E-state index in [1.54, 1.807) is 37.4 Å². The number of ether oxygens (including phenoxy) is 4. The van der Waals surface area contributed by atoms with Gasteiger partial charge in [0.15, 0.2) is 23.1 Å². The van der Waals surface area contributed by atoms with Crippen LogP contribution in [0.2, 0.25) is 0 Å². The van der Waals surface area contributed by atoms with Crippen molar-refractivity contribution >= 4 is 34.9 Å². The summed E-state index contributed by atoms with van der Waals surface area (Å²) in [7, 11) is 3.22. The summed E-state index contributed by atoms with van der Waals surface area (Å²) >= 11 is 0. The number of carboxylic acid groups (broad SMARTS) is 1. The molecule has 2 saturated heterocycles. The third-order valence-corrected chi connectivity index (χ3v) is 12.4. The van der Waals surface area contributed by atoms with Crippen LogP contribution in [0.5, 0.6) is 34.5 Å². The van der Waals surface area contributed by atoms with Gasteiger partial charge in [-0.1, -0.05) is 0 Å². The number of nitrogens with two attached hydrogens (primary N) is 2. The van der Waals surface area contributed by atoms with Crippen LogP contribution in [0.25, 0.3) is 0 Å². The van der Waals surface area contributed by atoms with Gasteiger partial charge in [-0.3, -0.25) is 4.79 Å². The zero-order chi connectivity index (χ0) is 50.6. The van der Waals surface area contributed by atoms with Crippen molar-refractivity contribution in [2.24, 2.45) is 0 Å². The molecule has 71 heavy (non-hydrogen) atoms. The Balaban J connectivity index is 0.000000158. The summed E-state index contributed by atoms with van der Waals surface area (Å²) in [6.45, 7) is 4.34. The first kappa shape index (κ1) is 49.5. The molecule has 0 radical (unpaired) electrons. The molecule has 6 aromatic rings. The van der Waals surface area contributed by atoms with Gasteiger partial charge in [0.25, 0.3) is 5.91 Å². The van der Waals surface area contributed by atoms with Crippen molar-refractivity contribution in [1.82, 2.24) is 20.2 Å². The largest absolute Gasteiger partial charge is 0.494 e. The highest BCUT2D eigenvalue weighted by atomic mass is 19.1. The highest BCUT2D eigenvalue weighted by Gasteiger charge is 2.54. The van der Waals surface area contributed by atoms with Gasteiger partial charge < -0.3 is 55.5 Å². The molecule has 0 unspecified atom stereocenters. The minimum Gasteiger partial charge on any atom is -0.494 e. The van der Waals surface area contributed by atoms with Crippen LogP contribution in [-0.2, 0) is 0 Å². The molecular formula is C50H48F6N8O7. The summed E-state index contributed by atoms with van der Waals surface area (Å²) in [5.41, 5.74) is 12.0. The fourth-order valence-electron chi connectivity index (χ4n) is 8.36. The highest BCUT2D eigenvalue weighted by Crippen LogP contribution is 2.47. The smallest absolute Gasteiger partial charge is 0.338 e. The third-order valence-electron chi connectivity index (χ3n) is 12.4. The van der Waals surface area contributed by atoms with E-state index in [-0.39, 0.29) is 22.8 Å². The first-order chi connectivity index (χ1) is 34.0. The van der Waals surface area contributed by atoms with E-state index in [2.05, 4.69) is 25.1 Å². The van der Waals surface area contributed by atoms with Crippen LogP contribution >= 0.6 is 0 Å². The number of carboxylic acids is 1. The lowest BCUT2D eigenvalue weighted by Crippen LogP contribution is -2.57. The number of benzene rings is 4. The normalized spacial score (nSPS) is 16.0. The van der Waals surface area contributed by atoms with E-state index in [4.69, 9.17) is 35.5 Å². The number of nitrogens with one attached hydrogen (secondary N) is 1. The van der Waals surface area contributed by atoms with Gasteiger partial charge in [-0.25, -0.2) is 41.1 Å². The van der Waals surface area contributed by atoms with E-state index in [1.165, 1.54) is 37.1 Å². The second-order valence-corrected chi connectivity index (χ2v) is 17.2. The van der Waals surface area contributed by atoms with Gasteiger partial charge in [0.05, 0.1) is 54.7 Å². The number of nitrogens with zero attached hydrogens (tertiary/aromatic N) is 5. The van der Waals surface area contributed by atoms with Crippen molar-refractivity contribution in [2.75, 3.05) is 74.8 Å². The molecule has 2 spiro atoms.